The number of carbonyl (C=O) groups is 1. The largest absolute Gasteiger partial charge is 0.475 e. The molecule has 9 heteroatoms. The Morgan fingerprint density at radius 3 is 2.54 bits per heavy atom. The van der Waals surface area contributed by atoms with Crippen molar-refractivity contribution >= 4 is 21.9 Å². The van der Waals surface area contributed by atoms with Crippen LogP contribution in [-0.2, 0) is 16.4 Å². The number of fused-ring (bicyclic) bond motifs is 4. The van der Waals surface area contributed by atoms with E-state index in [1.54, 1.807) is 18.2 Å². The summed E-state index contributed by atoms with van der Waals surface area (Å²) in [6.07, 6.45) is 1.49. The number of amides is 1. The van der Waals surface area contributed by atoms with Crippen LogP contribution in [0.15, 0.2) is 59.5 Å². The van der Waals surface area contributed by atoms with Gasteiger partial charge in [0.25, 0.3) is 15.9 Å². The first kappa shape index (κ1) is 26.6. The zero-order valence-corrected chi connectivity index (χ0v) is 22.7. The third kappa shape index (κ3) is 6.85. The van der Waals surface area contributed by atoms with Crippen LogP contribution in [0, 0.1) is 11.3 Å². The number of carbonyl (C=O) groups excluding carboxylic acids is 1. The Kier molecular flexibility index (Phi) is 7.54. The molecule has 1 amide bonds. The molecule has 0 unspecified atom stereocenters. The summed E-state index contributed by atoms with van der Waals surface area (Å²) in [5, 5.41) is 2.99. The van der Waals surface area contributed by atoms with Crippen LogP contribution in [0.3, 0.4) is 0 Å². The van der Waals surface area contributed by atoms with Crippen LogP contribution in [0.4, 0.5) is 5.95 Å². The summed E-state index contributed by atoms with van der Waals surface area (Å²) in [6.45, 7) is 10.8. The summed E-state index contributed by atoms with van der Waals surface area (Å²) in [6, 6.07) is 15.3. The van der Waals surface area contributed by atoms with E-state index in [1.807, 2.05) is 18.2 Å². The van der Waals surface area contributed by atoms with E-state index in [9.17, 15) is 13.2 Å². The average Bonchev–Trinajstić information content (AvgIpc) is 2.81. The minimum atomic E-state index is -4.06. The summed E-state index contributed by atoms with van der Waals surface area (Å²) in [5.41, 5.74) is 2.80. The maximum Gasteiger partial charge on any atom is 0.264 e. The zero-order chi connectivity index (χ0) is 26.8. The molecular weight excluding hydrogens is 488 g/mol. The Balaban J connectivity index is 1.83. The monoisotopic (exact) mass is 522 g/mol. The van der Waals surface area contributed by atoms with Crippen molar-refractivity contribution in [3.63, 3.8) is 0 Å². The highest BCUT2D eigenvalue weighted by Crippen LogP contribution is 2.31. The molecule has 0 spiro atoms. The Morgan fingerprint density at radius 2 is 1.81 bits per heavy atom. The van der Waals surface area contributed by atoms with Crippen LogP contribution in [0.1, 0.15) is 57.0 Å². The molecule has 0 aliphatic carbocycles. The second-order valence-electron chi connectivity index (χ2n) is 11.1. The highest BCUT2D eigenvalue weighted by molar-refractivity contribution is 7.92. The van der Waals surface area contributed by atoms with Gasteiger partial charge in [-0.05, 0) is 47.9 Å². The summed E-state index contributed by atoms with van der Waals surface area (Å²) in [4.78, 5) is 21.8. The highest BCUT2D eigenvalue weighted by Gasteiger charge is 2.23. The van der Waals surface area contributed by atoms with Crippen molar-refractivity contribution in [2.24, 2.45) is 11.3 Å². The van der Waals surface area contributed by atoms with Gasteiger partial charge in [-0.15, -0.1) is 0 Å². The van der Waals surface area contributed by atoms with Gasteiger partial charge in [0.2, 0.25) is 11.8 Å². The van der Waals surface area contributed by atoms with E-state index in [0.717, 1.165) is 17.5 Å². The third-order valence-electron chi connectivity index (χ3n) is 5.87. The molecule has 4 rings (SSSR count). The number of hydrogen-bond donors (Lipinski definition) is 2. The molecule has 196 valence electrons. The first-order valence-electron chi connectivity index (χ1n) is 12.4. The molecule has 0 fully saturated rings. The second-order valence-corrected chi connectivity index (χ2v) is 12.7. The first-order valence-corrected chi connectivity index (χ1v) is 13.9. The van der Waals surface area contributed by atoms with Crippen molar-refractivity contribution in [2.75, 3.05) is 11.3 Å². The van der Waals surface area contributed by atoms with Gasteiger partial charge in [-0.3, -0.25) is 4.79 Å². The van der Waals surface area contributed by atoms with Gasteiger partial charge in [0, 0.05) is 17.2 Å². The fraction of sp³-hybridized carbons (Fsp3) is 0.393. The van der Waals surface area contributed by atoms with E-state index in [0.29, 0.717) is 18.0 Å². The molecule has 1 aliphatic heterocycles. The summed E-state index contributed by atoms with van der Waals surface area (Å²) < 4.78 is 35.0. The van der Waals surface area contributed by atoms with Crippen molar-refractivity contribution in [3.8, 4) is 17.1 Å². The molecule has 2 N–H and O–H groups in total. The van der Waals surface area contributed by atoms with Crippen molar-refractivity contribution in [3.05, 3.63) is 65.7 Å². The number of anilines is 1. The Morgan fingerprint density at radius 1 is 1.05 bits per heavy atom. The number of rotatable bonds is 4. The standard InChI is InChI=1S/C28H34N4O4S/c1-18(2)13-21-17-36-25-15-24(23-12-7-6-9-20(23)16-28(3,4)5)30-27(31-25)32-37(34,35)22-11-8-10-19(14-22)26(33)29-21/h6-12,14-15,18,21H,13,16-17H2,1-5H3,(H,29,33)(H,30,31,32)/t21-/m1/s1. The van der Waals surface area contributed by atoms with E-state index in [1.165, 1.54) is 12.1 Å². The minimum Gasteiger partial charge on any atom is -0.475 e. The molecule has 2 heterocycles. The Hall–Kier alpha value is -3.46. The zero-order valence-electron chi connectivity index (χ0n) is 21.9. The van der Waals surface area contributed by atoms with Crippen molar-refractivity contribution in [1.82, 2.24) is 15.3 Å². The van der Waals surface area contributed by atoms with Gasteiger partial charge in [-0.2, -0.15) is 4.98 Å². The van der Waals surface area contributed by atoms with Crippen LogP contribution in [0.5, 0.6) is 5.88 Å². The number of sulfonamides is 1. The van der Waals surface area contributed by atoms with Crippen molar-refractivity contribution < 1.29 is 17.9 Å². The molecule has 0 saturated carbocycles. The van der Waals surface area contributed by atoms with Gasteiger partial charge < -0.3 is 10.1 Å². The number of benzene rings is 2. The molecule has 8 nitrogen and oxygen atoms in total. The molecule has 2 aromatic carbocycles. The number of hydrogen-bond acceptors (Lipinski definition) is 6. The molecule has 0 radical (unpaired) electrons. The van der Waals surface area contributed by atoms with Crippen LogP contribution >= 0.6 is 0 Å². The topological polar surface area (TPSA) is 110 Å². The SMILES string of the molecule is CC(C)C[C@@H]1COc2cc(-c3ccccc3CC(C)(C)C)nc(n2)NS(=O)(=O)c2cccc(c2)C(=O)N1. The number of ether oxygens (including phenoxy) is 1. The van der Waals surface area contributed by atoms with E-state index in [-0.39, 0.29) is 46.3 Å². The second kappa shape index (κ2) is 10.5. The van der Waals surface area contributed by atoms with Crippen molar-refractivity contribution in [2.45, 2.75) is 58.4 Å². The van der Waals surface area contributed by atoms with Crippen molar-refractivity contribution in [1.29, 1.82) is 0 Å². The average molecular weight is 523 g/mol. The minimum absolute atomic E-state index is 0.0371. The normalized spacial score (nSPS) is 17.5. The predicted octanol–water partition coefficient (Wildman–Crippen LogP) is 5.07. The van der Waals surface area contributed by atoms with Gasteiger partial charge >= 0.3 is 0 Å². The molecule has 1 atom stereocenters. The van der Waals surface area contributed by atoms with Gasteiger partial charge in [0.05, 0.1) is 16.6 Å². The fourth-order valence-corrected chi connectivity index (χ4v) is 5.34. The van der Waals surface area contributed by atoms with E-state index < -0.39 is 10.0 Å². The van der Waals surface area contributed by atoms with Crippen LogP contribution in [0.2, 0.25) is 0 Å². The molecular formula is C28H34N4O4S. The van der Waals surface area contributed by atoms with Gasteiger partial charge in [0.1, 0.15) is 6.61 Å². The molecule has 4 bridgehead atoms. The highest BCUT2D eigenvalue weighted by atomic mass is 32.2. The quantitative estimate of drug-likeness (QED) is 0.495. The molecule has 1 aromatic heterocycles. The van der Waals surface area contributed by atoms with E-state index in [2.05, 4.69) is 60.7 Å². The van der Waals surface area contributed by atoms with Crippen LogP contribution < -0.4 is 14.8 Å². The lowest BCUT2D eigenvalue weighted by molar-refractivity contribution is 0.0913. The first-order chi connectivity index (χ1) is 17.4. The number of nitrogens with one attached hydrogen (secondary N) is 2. The van der Waals surface area contributed by atoms with Gasteiger partial charge in [-0.25, -0.2) is 18.1 Å². The predicted molar refractivity (Wildman–Crippen MR) is 144 cm³/mol. The maximum atomic E-state index is 13.2. The lowest BCUT2D eigenvalue weighted by Gasteiger charge is -2.22. The lowest BCUT2D eigenvalue weighted by Crippen LogP contribution is -2.40. The van der Waals surface area contributed by atoms with Crippen LogP contribution in [-0.4, -0.2) is 36.9 Å². The molecule has 3 aromatic rings. The summed E-state index contributed by atoms with van der Waals surface area (Å²) in [7, 11) is -4.06. The Bertz CT molecular complexity index is 1400. The van der Waals surface area contributed by atoms with E-state index >= 15 is 0 Å². The molecule has 0 saturated heterocycles. The summed E-state index contributed by atoms with van der Waals surface area (Å²) in [5.74, 6) is 0.0727. The number of nitrogens with zero attached hydrogens (tertiary/aromatic N) is 2. The third-order valence-corrected chi connectivity index (χ3v) is 7.20. The lowest BCUT2D eigenvalue weighted by atomic mass is 9.85. The van der Waals surface area contributed by atoms with Gasteiger partial charge in [0.15, 0.2) is 0 Å². The number of aromatic nitrogens is 2. The van der Waals surface area contributed by atoms with Crippen LogP contribution in [0.25, 0.3) is 11.3 Å². The van der Waals surface area contributed by atoms with Gasteiger partial charge in [-0.1, -0.05) is 65.0 Å². The summed E-state index contributed by atoms with van der Waals surface area (Å²) >= 11 is 0. The molecule has 37 heavy (non-hydrogen) atoms. The Labute approximate surface area is 218 Å². The molecule has 1 aliphatic rings. The maximum absolute atomic E-state index is 13.2. The smallest absolute Gasteiger partial charge is 0.264 e. The van der Waals surface area contributed by atoms with E-state index in [4.69, 9.17) is 4.74 Å². The fourth-order valence-electron chi connectivity index (χ4n) is 4.35.